The Morgan fingerprint density at radius 1 is 1.56 bits per heavy atom. The second-order valence-electron chi connectivity index (χ2n) is 4.45. The third-order valence-corrected chi connectivity index (χ3v) is 2.81. The molecule has 0 unspecified atom stereocenters. The van der Waals surface area contributed by atoms with Gasteiger partial charge < -0.3 is 14.7 Å². The first-order chi connectivity index (χ1) is 8.58. The van der Waals surface area contributed by atoms with Crippen LogP contribution in [0.2, 0.25) is 0 Å². The molecule has 0 radical (unpaired) electrons. The molecule has 0 saturated carbocycles. The van der Waals surface area contributed by atoms with Crippen LogP contribution in [0.1, 0.15) is 19.0 Å². The van der Waals surface area contributed by atoms with Crippen molar-refractivity contribution in [2.24, 2.45) is 5.92 Å². The van der Waals surface area contributed by atoms with Crippen molar-refractivity contribution in [2.45, 2.75) is 20.3 Å². The zero-order valence-corrected chi connectivity index (χ0v) is 10.6. The van der Waals surface area contributed by atoms with Gasteiger partial charge in [-0.15, -0.1) is 0 Å². The number of carboxylic acid groups (broad SMARTS) is 1. The second kappa shape index (κ2) is 5.20. The average Bonchev–Trinajstić information content (AvgIpc) is 2.22. The Balaban J connectivity index is 2.00. The molecule has 0 amide bonds. The molecule has 0 atom stereocenters. The molecular formula is C12H17N3O3. The van der Waals surface area contributed by atoms with E-state index in [0.717, 1.165) is 5.69 Å². The summed E-state index contributed by atoms with van der Waals surface area (Å²) in [4.78, 5) is 21.2. The van der Waals surface area contributed by atoms with Crippen molar-refractivity contribution in [1.29, 1.82) is 0 Å². The SMILES string of the molecule is CCOc1cc(C)nc(N2CC(CC(=O)O)C2)n1. The summed E-state index contributed by atoms with van der Waals surface area (Å²) in [5, 5.41) is 8.69. The standard InChI is InChI=1S/C12H17N3O3/c1-3-18-10-4-8(2)13-12(14-10)15-6-9(7-15)5-11(16)17/h4,9H,3,5-7H2,1-2H3,(H,16,17). The number of nitrogens with zero attached hydrogens (tertiary/aromatic N) is 3. The van der Waals surface area contributed by atoms with Crippen LogP contribution in [0.4, 0.5) is 5.95 Å². The lowest BCUT2D eigenvalue weighted by Crippen LogP contribution is -2.48. The number of anilines is 1. The van der Waals surface area contributed by atoms with Crippen LogP contribution >= 0.6 is 0 Å². The first kappa shape index (κ1) is 12.6. The summed E-state index contributed by atoms with van der Waals surface area (Å²) in [6, 6.07) is 1.79. The highest BCUT2D eigenvalue weighted by molar-refractivity contribution is 5.67. The number of aromatic nitrogens is 2. The van der Waals surface area contributed by atoms with E-state index in [2.05, 4.69) is 9.97 Å². The molecule has 2 heterocycles. The normalized spacial score (nSPS) is 15.3. The van der Waals surface area contributed by atoms with Gasteiger partial charge in [0.1, 0.15) is 0 Å². The van der Waals surface area contributed by atoms with Crippen molar-refractivity contribution in [2.75, 3.05) is 24.6 Å². The van der Waals surface area contributed by atoms with E-state index in [9.17, 15) is 4.79 Å². The van der Waals surface area contributed by atoms with Crippen LogP contribution in [-0.2, 0) is 4.79 Å². The summed E-state index contributed by atoms with van der Waals surface area (Å²) in [5.41, 5.74) is 0.852. The van der Waals surface area contributed by atoms with Crippen molar-refractivity contribution in [1.82, 2.24) is 9.97 Å². The first-order valence-electron chi connectivity index (χ1n) is 6.03. The van der Waals surface area contributed by atoms with E-state index in [4.69, 9.17) is 9.84 Å². The van der Waals surface area contributed by atoms with E-state index in [0.29, 0.717) is 31.5 Å². The molecule has 1 aromatic rings. The van der Waals surface area contributed by atoms with E-state index < -0.39 is 5.97 Å². The zero-order chi connectivity index (χ0) is 13.1. The molecule has 1 saturated heterocycles. The van der Waals surface area contributed by atoms with Gasteiger partial charge in [-0.1, -0.05) is 0 Å². The Morgan fingerprint density at radius 2 is 2.28 bits per heavy atom. The molecule has 6 nitrogen and oxygen atoms in total. The summed E-state index contributed by atoms with van der Waals surface area (Å²) in [5.74, 6) is 0.642. The summed E-state index contributed by atoms with van der Waals surface area (Å²) in [6.07, 6.45) is 0.209. The van der Waals surface area contributed by atoms with E-state index >= 15 is 0 Å². The van der Waals surface area contributed by atoms with Gasteiger partial charge in [0.25, 0.3) is 0 Å². The molecule has 0 aliphatic carbocycles. The Hall–Kier alpha value is -1.85. The van der Waals surface area contributed by atoms with Gasteiger partial charge in [0, 0.05) is 30.8 Å². The van der Waals surface area contributed by atoms with Crippen molar-refractivity contribution in [3.05, 3.63) is 11.8 Å². The maximum atomic E-state index is 10.6. The molecule has 1 aromatic heterocycles. The van der Waals surface area contributed by atoms with Gasteiger partial charge in [-0.05, 0) is 13.8 Å². The topological polar surface area (TPSA) is 75.5 Å². The van der Waals surface area contributed by atoms with Crippen molar-refractivity contribution in [3.63, 3.8) is 0 Å². The number of carbonyl (C=O) groups is 1. The van der Waals surface area contributed by atoms with Crippen LogP contribution < -0.4 is 9.64 Å². The van der Waals surface area contributed by atoms with E-state index in [1.165, 1.54) is 0 Å². The predicted octanol–water partition coefficient (Wildman–Crippen LogP) is 1.09. The van der Waals surface area contributed by atoms with Crippen LogP contribution in [0.3, 0.4) is 0 Å². The van der Waals surface area contributed by atoms with Gasteiger partial charge >= 0.3 is 5.97 Å². The lowest BCUT2D eigenvalue weighted by Gasteiger charge is -2.38. The number of hydrogen-bond donors (Lipinski definition) is 1. The molecule has 0 aromatic carbocycles. The Morgan fingerprint density at radius 3 is 2.89 bits per heavy atom. The monoisotopic (exact) mass is 251 g/mol. The van der Waals surface area contributed by atoms with Crippen LogP contribution in [-0.4, -0.2) is 40.7 Å². The molecule has 0 bridgehead atoms. The van der Waals surface area contributed by atoms with E-state index in [1.807, 2.05) is 18.7 Å². The minimum Gasteiger partial charge on any atom is -0.481 e. The lowest BCUT2D eigenvalue weighted by atomic mass is 9.97. The fourth-order valence-corrected chi connectivity index (χ4v) is 2.00. The molecule has 1 fully saturated rings. The molecule has 1 N–H and O–H groups in total. The second-order valence-corrected chi connectivity index (χ2v) is 4.45. The smallest absolute Gasteiger partial charge is 0.303 e. The first-order valence-corrected chi connectivity index (χ1v) is 6.03. The van der Waals surface area contributed by atoms with Gasteiger partial charge in [-0.3, -0.25) is 4.79 Å². The fraction of sp³-hybridized carbons (Fsp3) is 0.583. The van der Waals surface area contributed by atoms with Crippen molar-refractivity contribution < 1.29 is 14.6 Å². The molecule has 98 valence electrons. The number of ether oxygens (including phenoxy) is 1. The maximum Gasteiger partial charge on any atom is 0.303 e. The highest BCUT2D eigenvalue weighted by atomic mass is 16.5. The summed E-state index contributed by atoms with van der Waals surface area (Å²) >= 11 is 0. The van der Waals surface area contributed by atoms with Gasteiger partial charge in [0.2, 0.25) is 11.8 Å². The third-order valence-electron chi connectivity index (χ3n) is 2.81. The number of aryl methyl sites for hydroxylation is 1. The molecule has 6 heteroatoms. The van der Waals surface area contributed by atoms with Crippen molar-refractivity contribution >= 4 is 11.9 Å². The summed E-state index contributed by atoms with van der Waals surface area (Å²) < 4.78 is 5.37. The zero-order valence-electron chi connectivity index (χ0n) is 10.6. The minimum atomic E-state index is -0.750. The quantitative estimate of drug-likeness (QED) is 0.844. The predicted molar refractivity (Wildman–Crippen MR) is 65.9 cm³/mol. The largest absolute Gasteiger partial charge is 0.481 e. The maximum absolute atomic E-state index is 10.6. The Labute approximate surface area is 106 Å². The lowest BCUT2D eigenvalue weighted by molar-refractivity contribution is -0.138. The number of rotatable bonds is 5. The molecule has 1 aliphatic rings. The Bertz CT molecular complexity index is 444. The van der Waals surface area contributed by atoms with Crippen LogP contribution in [0.5, 0.6) is 5.88 Å². The van der Waals surface area contributed by atoms with Crippen LogP contribution in [0, 0.1) is 12.8 Å². The average molecular weight is 251 g/mol. The number of aliphatic carboxylic acids is 1. The molecule has 1 aliphatic heterocycles. The minimum absolute atomic E-state index is 0.196. The molecule has 18 heavy (non-hydrogen) atoms. The highest BCUT2D eigenvalue weighted by Crippen LogP contribution is 2.25. The van der Waals surface area contributed by atoms with Gasteiger partial charge in [0.05, 0.1) is 13.0 Å². The number of carboxylic acids is 1. The molecular weight excluding hydrogens is 234 g/mol. The fourth-order valence-electron chi connectivity index (χ4n) is 2.00. The molecule has 2 rings (SSSR count). The van der Waals surface area contributed by atoms with E-state index in [1.54, 1.807) is 6.07 Å². The van der Waals surface area contributed by atoms with E-state index in [-0.39, 0.29) is 12.3 Å². The highest BCUT2D eigenvalue weighted by Gasteiger charge is 2.30. The van der Waals surface area contributed by atoms with Crippen LogP contribution in [0.25, 0.3) is 0 Å². The number of hydrogen-bond acceptors (Lipinski definition) is 5. The summed E-state index contributed by atoms with van der Waals surface area (Å²) in [6.45, 7) is 5.76. The van der Waals surface area contributed by atoms with Crippen LogP contribution in [0.15, 0.2) is 6.07 Å². The van der Waals surface area contributed by atoms with Gasteiger partial charge in [-0.2, -0.15) is 4.98 Å². The molecule has 0 spiro atoms. The van der Waals surface area contributed by atoms with Gasteiger partial charge in [-0.25, -0.2) is 4.98 Å². The Kier molecular flexibility index (Phi) is 3.64. The van der Waals surface area contributed by atoms with Crippen molar-refractivity contribution in [3.8, 4) is 5.88 Å². The van der Waals surface area contributed by atoms with Gasteiger partial charge in [0.15, 0.2) is 0 Å². The third kappa shape index (κ3) is 2.88. The summed E-state index contributed by atoms with van der Waals surface area (Å²) in [7, 11) is 0.